The van der Waals surface area contributed by atoms with Crippen molar-refractivity contribution in [3.8, 4) is 0 Å². The minimum absolute atomic E-state index is 0.319. The van der Waals surface area contributed by atoms with E-state index in [0.29, 0.717) is 12.2 Å². The molecule has 1 unspecified atom stereocenters. The first-order valence-electron chi connectivity index (χ1n) is 11.0. The minimum atomic E-state index is -0.604. The van der Waals surface area contributed by atoms with Crippen LogP contribution in [0.25, 0.3) is 5.57 Å². The van der Waals surface area contributed by atoms with Crippen LogP contribution in [0.1, 0.15) is 67.4 Å². The predicted molar refractivity (Wildman–Crippen MR) is 125 cm³/mol. The lowest BCUT2D eigenvalue weighted by Gasteiger charge is -2.32. The standard InChI is InChI=1S/C26H32N2O3/c1-4-31-26(30)20-14-12-19(13-15-20)24(25(27)29)23(18(2)3)21-10-6-7-11-22(21)28-16-8-5-9-17-28/h6-7,10-15,24H,4-5,8-9,16-17H2,1-3H3,(H2,27,29). The Morgan fingerprint density at radius 2 is 1.65 bits per heavy atom. The van der Waals surface area contributed by atoms with E-state index in [0.717, 1.165) is 41.1 Å². The Kier molecular flexibility index (Phi) is 7.50. The molecule has 0 spiro atoms. The topological polar surface area (TPSA) is 72.6 Å². The summed E-state index contributed by atoms with van der Waals surface area (Å²) in [6.07, 6.45) is 3.60. The number of rotatable bonds is 7. The Balaban J connectivity index is 2.04. The molecule has 5 heteroatoms. The van der Waals surface area contributed by atoms with Gasteiger partial charge in [0.15, 0.2) is 0 Å². The van der Waals surface area contributed by atoms with Crippen LogP contribution in [0.3, 0.4) is 0 Å². The van der Waals surface area contributed by atoms with Crippen LogP contribution < -0.4 is 10.6 Å². The molecule has 1 atom stereocenters. The molecule has 0 aliphatic carbocycles. The molecule has 0 aromatic heterocycles. The largest absolute Gasteiger partial charge is 0.462 e. The maximum atomic E-state index is 12.7. The van der Waals surface area contributed by atoms with Crippen molar-refractivity contribution in [1.82, 2.24) is 0 Å². The number of benzene rings is 2. The van der Waals surface area contributed by atoms with Crippen LogP contribution in [0.2, 0.25) is 0 Å². The van der Waals surface area contributed by atoms with Gasteiger partial charge in [0.1, 0.15) is 0 Å². The molecule has 0 bridgehead atoms. The van der Waals surface area contributed by atoms with E-state index in [2.05, 4.69) is 17.0 Å². The van der Waals surface area contributed by atoms with Crippen molar-refractivity contribution in [2.24, 2.45) is 5.73 Å². The number of hydrogen-bond acceptors (Lipinski definition) is 4. The quantitative estimate of drug-likeness (QED) is 0.646. The molecule has 1 amide bonds. The van der Waals surface area contributed by atoms with Crippen LogP contribution in [0, 0.1) is 0 Å². The molecular formula is C26H32N2O3. The van der Waals surface area contributed by atoms with E-state index in [-0.39, 0.29) is 5.97 Å². The van der Waals surface area contributed by atoms with E-state index in [1.807, 2.05) is 26.0 Å². The van der Waals surface area contributed by atoms with Crippen molar-refractivity contribution in [2.75, 3.05) is 24.6 Å². The van der Waals surface area contributed by atoms with Gasteiger partial charge in [-0.05, 0) is 69.4 Å². The number of nitrogens with two attached hydrogens (primary N) is 1. The molecular weight excluding hydrogens is 388 g/mol. The van der Waals surface area contributed by atoms with Gasteiger partial charge in [-0.2, -0.15) is 0 Å². The molecule has 1 heterocycles. The Labute approximate surface area is 184 Å². The highest BCUT2D eigenvalue weighted by molar-refractivity contribution is 5.99. The fourth-order valence-electron chi connectivity index (χ4n) is 4.32. The van der Waals surface area contributed by atoms with E-state index < -0.39 is 11.8 Å². The number of nitrogens with zero attached hydrogens (tertiary/aromatic N) is 1. The number of carbonyl (C=O) groups excluding carboxylic acids is 2. The van der Waals surface area contributed by atoms with E-state index in [1.165, 1.54) is 19.3 Å². The van der Waals surface area contributed by atoms with Gasteiger partial charge in [-0.1, -0.05) is 35.9 Å². The van der Waals surface area contributed by atoms with Crippen molar-refractivity contribution >= 4 is 23.1 Å². The molecule has 2 aromatic carbocycles. The fourth-order valence-corrected chi connectivity index (χ4v) is 4.32. The number of allylic oxidation sites excluding steroid dienone is 1. The number of carbonyl (C=O) groups is 2. The SMILES string of the molecule is CCOC(=O)c1ccc(C(C(N)=O)C(=C(C)C)c2ccccc2N2CCCCC2)cc1. The third kappa shape index (κ3) is 5.16. The highest BCUT2D eigenvalue weighted by atomic mass is 16.5. The number of primary amides is 1. The molecule has 1 fully saturated rings. The molecule has 3 rings (SSSR count). The van der Waals surface area contributed by atoms with Gasteiger partial charge >= 0.3 is 5.97 Å². The third-order valence-electron chi connectivity index (χ3n) is 5.76. The maximum Gasteiger partial charge on any atom is 0.338 e. The number of amides is 1. The summed E-state index contributed by atoms with van der Waals surface area (Å²) in [5, 5.41) is 0. The molecule has 2 N–H and O–H groups in total. The van der Waals surface area contributed by atoms with E-state index >= 15 is 0 Å². The maximum absolute atomic E-state index is 12.7. The minimum Gasteiger partial charge on any atom is -0.462 e. The summed E-state index contributed by atoms with van der Waals surface area (Å²) in [4.78, 5) is 27.1. The van der Waals surface area contributed by atoms with Crippen LogP contribution in [0.5, 0.6) is 0 Å². The van der Waals surface area contributed by atoms with Crippen LogP contribution in [-0.4, -0.2) is 31.6 Å². The predicted octanol–water partition coefficient (Wildman–Crippen LogP) is 4.92. The first kappa shape index (κ1) is 22.6. The summed E-state index contributed by atoms with van der Waals surface area (Å²) in [6.45, 7) is 8.16. The summed E-state index contributed by atoms with van der Waals surface area (Å²) in [6, 6.07) is 15.3. The van der Waals surface area contributed by atoms with Gasteiger partial charge in [0.25, 0.3) is 0 Å². The van der Waals surface area contributed by atoms with Crippen LogP contribution in [0.4, 0.5) is 5.69 Å². The number of hydrogen-bond donors (Lipinski definition) is 1. The molecule has 0 radical (unpaired) electrons. The van der Waals surface area contributed by atoms with Crippen LogP contribution >= 0.6 is 0 Å². The number of anilines is 1. The second-order valence-electron chi connectivity index (χ2n) is 8.16. The number of esters is 1. The lowest BCUT2D eigenvalue weighted by molar-refractivity contribution is -0.118. The number of piperidine rings is 1. The van der Waals surface area contributed by atoms with Gasteiger partial charge in [0.2, 0.25) is 5.91 Å². The van der Waals surface area contributed by atoms with Crippen molar-refractivity contribution in [2.45, 2.75) is 46.0 Å². The van der Waals surface area contributed by atoms with Gasteiger partial charge < -0.3 is 15.4 Å². The molecule has 5 nitrogen and oxygen atoms in total. The normalized spacial score (nSPS) is 14.6. The van der Waals surface area contributed by atoms with E-state index in [9.17, 15) is 9.59 Å². The number of para-hydroxylation sites is 1. The van der Waals surface area contributed by atoms with Gasteiger partial charge in [-0.3, -0.25) is 4.79 Å². The zero-order valence-electron chi connectivity index (χ0n) is 18.7. The number of ether oxygens (including phenoxy) is 1. The zero-order valence-corrected chi connectivity index (χ0v) is 18.7. The zero-order chi connectivity index (χ0) is 22.4. The summed E-state index contributed by atoms with van der Waals surface area (Å²) in [7, 11) is 0. The van der Waals surface area contributed by atoms with E-state index in [4.69, 9.17) is 10.5 Å². The molecule has 164 valence electrons. The lowest BCUT2D eigenvalue weighted by Crippen LogP contribution is -2.31. The highest BCUT2D eigenvalue weighted by Crippen LogP contribution is 2.40. The van der Waals surface area contributed by atoms with E-state index in [1.54, 1.807) is 31.2 Å². The van der Waals surface area contributed by atoms with Crippen LogP contribution in [-0.2, 0) is 9.53 Å². The Morgan fingerprint density at radius 3 is 2.23 bits per heavy atom. The fraction of sp³-hybridized carbons (Fsp3) is 0.385. The summed E-state index contributed by atoms with van der Waals surface area (Å²) in [5.41, 5.74) is 11.3. The third-order valence-corrected chi connectivity index (χ3v) is 5.76. The molecule has 1 saturated heterocycles. The molecule has 2 aromatic rings. The Morgan fingerprint density at radius 1 is 1.00 bits per heavy atom. The van der Waals surface area contributed by atoms with Crippen molar-refractivity contribution in [1.29, 1.82) is 0 Å². The average Bonchev–Trinajstić information content (AvgIpc) is 2.78. The van der Waals surface area contributed by atoms with Gasteiger partial charge in [0, 0.05) is 24.3 Å². The summed E-state index contributed by atoms with van der Waals surface area (Å²) >= 11 is 0. The van der Waals surface area contributed by atoms with Crippen LogP contribution in [0.15, 0.2) is 54.1 Å². The molecule has 1 aliphatic heterocycles. The Bertz CT molecular complexity index is 953. The van der Waals surface area contributed by atoms with Gasteiger partial charge in [0.05, 0.1) is 18.1 Å². The van der Waals surface area contributed by atoms with Crippen molar-refractivity contribution in [3.63, 3.8) is 0 Å². The Hall–Kier alpha value is -3.08. The lowest BCUT2D eigenvalue weighted by atomic mass is 9.82. The first-order valence-corrected chi connectivity index (χ1v) is 11.0. The second kappa shape index (κ2) is 10.3. The average molecular weight is 421 g/mol. The molecule has 31 heavy (non-hydrogen) atoms. The molecule has 0 saturated carbocycles. The smallest absolute Gasteiger partial charge is 0.338 e. The van der Waals surface area contributed by atoms with Gasteiger partial charge in [-0.15, -0.1) is 0 Å². The second-order valence-corrected chi connectivity index (χ2v) is 8.16. The van der Waals surface area contributed by atoms with Crippen molar-refractivity contribution in [3.05, 3.63) is 70.8 Å². The van der Waals surface area contributed by atoms with Crippen molar-refractivity contribution < 1.29 is 14.3 Å². The summed E-state index contributed by atoms with van der Waals surface area (Å²) in [5.74, 6) is -1.39. The first-order chi connectivity index (χ1) is 14.9. The van der Waals surface area contributed by atoms with Gasteiger partial charge in [-0.25, -0.2) is 4.79 Å². The highest BCUT2D eigenvalue weighted by Gasteiger charge is 2.28. The molecule has 1 aliphatic rings. The summed E-state index contributed by atoms with van der Waals surface area (Å²) < 4.78 is 5.07. The monoisotopic (exact) mass is 420 g/mol.